The standard InChI is InChI=1S/C46H64O2.2C2H6/c1-34(2)18-12-19-35(3)20-13-21-36(4)22-14-23-37(5)24-15-25-38(6)26-16-27-39(7)28-17-29-40(8)32-33-42-41(9)45(47)43-30-10-11-31-44(43)46(42)48;2*1-2/h10-11,18,20,22,24,26,28,30-32H,12-17,19,21,23,25,27,29,33H2,1-9H3;2*1-2H3/b35-20+,36-22+,37-24+,38-26+,39-28+,40-32+;;. The molecule has 0 N–H and O–H groups in total. The fourth-order valence-electron chi connectivity index (χ4n) is 6.01. The van der Waals surface area contributed by atoms with Gasteiger partial charge >= 0.3 is 0 Å². The van der Waals surface area contributed by atoms with Gasteiger partial charge in [-0.15, -0.1) is 0 Å². The van der Waals surface area contributed by atoms with Crippen LogP contribution in [-0.2, 0) is 0 Å². The summed E-state index contributed by atoms with van der Waals surface area (Å²) in [5, 5.41) is 0. The van der Waals surface area contributed by atoms with Crippen molar-refractivity contribution in [2.24, 2.45) is 0 Å². The lowest BCUT2D eigenvalue weighted by Crippen LogP contribution is -2.20. The molecule has 1 aliphatic rings. The second-order valence-electron chi connectivity index (χ2n) is 14.3. The van der Waals surface area contributed by atoms with Crippen LogP contribution < -0.4 is 0 Å². The van der Waals surface area contributed by atoms with E-state index in [4.69, 9.17) is 0 Å². The minimum Gasteiger partial charge on any atom is -0.289 e. The minimum atomic E-state index is -0.0228. The summed E-state index contributed by atoms with van der Waals surface area (Å²) >= 11 is 0. The van der Waals surface area contributed by atoms with Crippen LogP contribution in [0.3, 0.4) is 0 Å². The third kappa shape index (κ3) is 20.5. The zero-order valence-electron chi connectivity index (χ0n) is 35.9. The van der Waals surface area contributed by atoms with E-state index in [9.17, 15) is 9.59 Å². The number of hydrogen-bond acceptors (Lipinski definition) is 2. The molecular weight excluding hydrogens is 633 g/mol. The number of carbonyl (C=O) groups excluding carboxylic acids is 2. The van der Waals surface area contributed by atoms with Crippen LogP contribution in [0.5, 0.6) is 0 Å². The number of rotatable bonds is 20. The topological polar surface area (TPSA) is 34.1 Å². The van der Waals surface area contributed by atoms with Crippen molar-refractivity contribution < 1.29 is 9.59 Å². The molecule has 0 saturated heterocycles. The van der Waals surface area contributed by atoms with E-state index in [2.05, 4.69) is 97.9 Å². The molecule has 0 bridgehead atoms. The number of Topliss-reactive ketones (excluding diaryl/α,β-unsaturated/α-hetero) is 2. The van der Waals surface area contributed by atoms with Crippen molar-refractivity contribution in [3.8, 4) is 0 Å². The van der Waals surface area contributed by atoms with E-state index in [-0.39, 0.29) is 11.6 Å². The van der Waals surface area contributed by atoms with Gasteiger partial charge in [0.05, 0.1) is 0 Å². The molecule has 0 atom stereocenters. The van der Waals surface area contributed by atoms with Crippen LogP contribution in [0.2, 0.25) is 0 Å². The first-order valence-electron chi connectivity index (χ1n) is 20.3. The molecule has 0 radical (unpaired) electrons. The number of hydrogen-bond donors (Lipinski definition) is 0. The molecule has 0 amide bonds. The van der Waals surface area contributed by atoms with Gasteiger partial charge in [0, 0.05) is 22.3 Å². The number of fused-ring (bicyclic) bond motifs is 1. The molecule has 52 heavy (non-hydrogen) atoms. The summed E-state index contributed by atoms with van der Waals surface area (Å²) < 4.78 is 0. The summed E-state index contributed by atoms with van der Waals surface area (Å²) in [5.74, 6) is -0.0311. The van der Waals surface area contributed by atoms with Gasteiger partial charge in [0.1, 0.15) is 0 Å². The zero-order valence-corrected chi connectivity index (χ0v) is 35.9. The fraction of sp³-hybridized carbons (Fsp3) is 0.520. The highest BCUT2D eigenvalue weighted by molar-refractivity contribution is 6.26. The molecule has 0 fully saturated rings. The highest BCUT2D eigenvalue weighted by Crippen LogP contribution is 2.28. The Balaban J connectivity index is 0.00000627. The maximum absolute atomic E-state index is 13.0. The number of allylic oxidation sites excluding steroid dienone is 16. The minimum absolute atomic E-state index is 0.00832. The monoisotopic (exact) mass is 709 g/mol. The highest BCUT2D eigenvalue weighted by atomic mass is 16.1. The van der Waals surface area contributed by atoms with E-state index in [1.165, 1.54) is 51.9 Å². The van der Waals surface area contributed by atoms with Gasteiger partial charge in [0.25, 0.3) is 0 Å². The Hall–Kier alpha value is -3.52. The first-order valence-corrected chi connectivity index (χ1v) is 20.3. The van der Waals surface area contributed by atoms with Crippen molar-refractivity contribution in [1.82, 2.24) is 0 Å². The Morgan fingerprint density at radius 2 is 0.731 bits per heavy atom. The van der Waals surface area contributed by atoms with Crippen LogP contribution in [0.15, 0.2) is 117 Å². The van der Waals surface area contributed by atoms with Crippen molar-refractivity contribution in [1.29, 1.82) is 0 Å². The van der Waals surface area contributed by atoms with Crippen molar-refractivity contribution >= 4 is 11.6 Å². The Labute approximate surface area is 321 Å². The first kappa shape index (κ1) is 48.5. The first-order chi connectivity index (χ1) is 24.9. The highest BCUT2D eigenvalue weighted by Gasteiger charge is 2.28. The van der Waals surface area contributed by atoms with Gasteiger partial charge in [-0.2, -0.15) is 0 Å². The number of benzene rings is 1. The van der Waals surface area contributed by atoms with Crippen molar-refractivity contribution in [3.63, 3.8) is 0 Å². The molecule has 2 rings (SSSR count). The van der Waals surface area contributed by atoms with E-state index in [1.807, 2.05) is 39.8 Å². The second kappa shape index (κ2) is 29.0. The van der Waals surface area contributed by atoms with Crippen LogP contribution in [0.4, 0.5) is 0 Å². The summed E-state index contributed by atoms with van der Waals surface area (Å²) in [5.41, 5.74) is 12.4. The SMILES string of the molecule is CC.CC.CC(C)=CCC/C(C)=C/CC/C(C)=C/CC/C(C)=C/CC/C(C)=C/CC/C(C)=C/CC/C(C)=C/CC1=C(C)C(=O)c2ccccc2C1=O. The average molecular weight is 709 g/mol. The molecule has 288 valence electrons. The molecule has 0 aliphatic heterocycles. The third-order valence-electron chi connectivity index (χ3n) is 9.39. The molecule has 0 unspecified atom stereocenters. The Morgan fingerprint density at radius 3 is 1.06 bits per heavy atom. The maximum Gasteiger partial charge on any atom is 0.190 e. The summed E-state index contributed by atoms with van der Waals surface area (Å²) in [6.07, 6.45) is 30.4. The largest absolute Gasteiger partial charge is 0.289 e. The molecular formula is C50H76O2. The lowest BCUT2D eigenvalue weighted by Gasteiger charge is -2.18. The predicted molar refractivity (Wildman–Crippen MR) is 232 cm³/mol. The molecule has 1 aliphatic carbocycles. The van der Waals surface area contributed by atoms with Crippen LogP contribution in [0, 0.1) is 0 Å². The van der Waals surface area contributed by atoms with E-state index >= 15 is 0 Å². The van der Waals surface area contributed by atoms with Crippen LogP contribution >= 0.6 is 0 Å². The van der Waals surface area contributed by atoms with Gasteiger partial charge in [0.15, 0.2) is 11.6 Å². The van der Waals surface area contributed by atoms with Gasteiger partial charge < -0.3 is 0 Å². The van der Waals surface area contributed by atoms with E-state index in [0.29, 0.717) is 28.7 Å². The quantitative estimate of drug-likeness (QED) is 0.126. The van der Waals surface area contributed by atoms with E-state index in [0.717, 1.165) is 64.2 Å². The maximum atomic E-state index is 13.0. The van der Waals surface area contributed by atoms with Crippen molar-refractivity contribution in [2.75, 3.05) is 0 Å². The van der Waals surface area contributed by atoms with Crippen LogP contribution in [0.25, 0.3) is 0 Å². The average Bonchev–Trinajstić information content (AvgIpc) is 3.12. The number of carbonyl (C=O) groups is 2. The zero-order chi connectivity index (χ0) is 39.5. The summed E-state index contributed by atoms with van der Waals surface area (Å²) in [6.45, 7) is 27.6. The van der Waals surface area contributed by atoms with Gasteiger partial charge in [-0.05, 0) is 146 Å². The Morgan fingerprint density at radius 1 is 0.442 bits per heavy atom. The molecule has 0 heterocycles. The molecule has 2 nitrogen and oxygen atoms in total. The summed E-state index contributed by atoms with van der Waals surface area (Å²) in [6, 6.07) is 7.15. The van der Waals surface area contributed by atoms with Gasteiger partial charge in [-0.25, -0.2) is 0 Å². The normalized spacial score (nSPS) is 14.4. The van der Waals surface area contributed by atoms with Gasteiger partial charge in [0.2, 0.25) is 0 Å². The third-order valence-corrected chi connectivity index (χ3v) is 9.39. The predicted octanol–water partition coefficient (Wildman–Crippen LogP) is 16.1. The lowest BCUT2D eigenvalue weighted by molar-refractivity contribution is 0.0973. The fourth-order valence-corrected chi connectivity index (χ4v) is 6.01. The number of ketones is 2. The summed E-state index contributed by atoms with van der Waals surface area (Å²) in [7, 11) is 0. The Kier molecular flexibility index (Phi) is 27.0. The molecule has 1 aromatic rings. The Bertz CT molecular complexity index is 1490. The van der Waals surface area contributed by atoms with Crippen molar-refractivity contribution in [3.05, 3.63) is 128 Å². The second-order valence-corrected chi connectivity index (χ2v) is 14.3. The van der Waals surface area contributed by atoms with E-state index < -0.39 is 0 Å². The molecule has 2 heteroatoms. The van der Waals surface area contributed by atoms with Crippen LogP contribution in [0.1, 0.15) is 194 Å². The lowest BCUT2D eigenvalue weighted by atomic mass is 9.83. The summed E-state index contributed by atoms with van der Waals surface area (Å²) in [4.78, 5) is 25.7. The van der Waals surface area contributed by atoms with Crippen molar-refractivity contribution in [2.45, 2.75) is 173 Å². The van der Waals surface area contributed by atoms with Crippen LogP contribution in [-0.4, -0.2) is 11.6 Å². The van der Waals surface area contributed by atoms with Gasteiger partial charge in [-0.3, -0.25) is 9.59 Å². The molecule has 1 aromatic carbocycles. The van der Waals surface area contributed by atoms with E-state index in [1.54, 1.807) is 19.1 Å². The molecule has 0 saturated carbocycles. The molecule has 0 spiro atoms. The smallest absolute Gasteiger partial charge is 0.190 e. The molecule has 0 aromatic heterocycles. The van der Waals surface area contributed by atoms with Gasteiger partial charge in [-0.1, -0.05) is 134 Å².